The molecule has 0 amide bonds. The van der Waals surface area contributed by atoms with Gasteiger partial charge >= 0.3 is 0 Å². The molecule has 11 heavy (non-hydrogen) atoms. The Bertz CT molecular complexity index is 123. The van der Waals surface area contributed by atoms with Crippen LogP contribution in [0.1, 0.15) is 6.42 Å². The summed E-state index contributed by atoms with van der Waals surface area (Å²) in [6.45, 7) is 1.06. The van der Waals surface area contributed by atoms with Crippen LogP contribution in [0.25, 0.3) is 0 Å². The van der Waals surface area contributed by atoms with E-state index in [2.05, 4.69) is 4.94 Å². The Morgan fingerprint density at radius 3 is 2.91 bits per heavy atom. The van der Waals surface area contributed by atoms with E-state index in [0.717, 1.165) is 13.0 Å². The third kappa shape index (κ3) is 1.89. The Labute approximate surface area is 66.0 Å². The maximum Gasteiger partial charge on any atom is 0.106 e. The molecule has 3 nitrogen and oxygen atoms in total. The van der Waals surface area contributed by atoms with Gasteiger partial charge in [-0.15, -0.1) is 0 Å². The number of likely N-dealkylation sites (N-methyl/N-ethyl adjacent to an activating group) is 1. The quantitative estimate of drug-likeness (QED) is 0.608. The predicted molar refractivity (Wildman–Crippen MR) is 38.9 cm³/mol. The molecule has 1 rings (SSSR count). The first-order valence-electron chi connectivity index (χ1n) is 3.76. The number of hydrogen-bond acceptors (Lipinski definition) is 3. The van der Waals surface area contributed by atoms with Crippen LogP contribution >= 0.6 is 0 Å². The summed E-state index contributed by atoms with van der Waals surface area (Å²) in [6.07, 6.45) is 1.08. The van der Waals surface area contributed by atoms with Gasteiger partial charge in [0.1, 0.15) is 6.61 Å². The minimum Gasteiger partial charge on any atom is -0.380 e. The lowest BCUT2D eigenvalue weighted by Gasteiger charge is -2.21. The number of ether oxygens (including phenoxy) is 1. The fourth-order valence-electron chi connectivity index (χ4n) is 1.55. The largest absolute Gasteiger partial charge is 0.380 e. The zero-order chi connectivity index (χ0) is 8.27. The van der Waals surface area contributed by atoms with Crippen LogP contribution in [0.3, 0.4) is 0 Å². The summed E-state index contributed by atoms with van der Waals surface area (Å²) in [4.78, 5) is 5.66. The van der Waals surface area contributed by atoms with Gasteiger partial charge in [0.25, 0.3) is 0 Å². The van der Waals surface area contributed by atoms with Crippen LogP contribution in [0.15, 0.2) is 0 Å². The van der Waals surface area contributed by atoms with Crippen LogP contribution in [-0.2, 0) is 9.68 Å². The minimum absolute atomic E-state index is 0.0741. The number of methoxy groups -OCH3 is 1. The third-order valence-corrected chi connectivity index (χ3v) is 2.30. The fourth-order valence-corrected chi connectivity index (χ4v) is 1.55. The molecular formula is C7H14FNO2. The lowest BCUT2D eigenvalue weighted by atomic mass is 10.2. The molecule has 0 radical (unpaired) electrons. The molecule has 0 spiro atoms. The normalized spacial score (nSPS) is 33.0. The highest BCUT2D eigenvalue weighted by atomic mass is 19.3. The van der Waals surface area contributed by atoms with Crippen molar-refractivity contribution in [2.45, 2.75) is 18.6 Å². The van der Waals surface area contributed by atoms with Gasteiger partial charge in [-0.05, 0) is 18.0 Å². The second kappa shape index (κ2) is 3.99. The number of likely N-dealkylation sites (tertiary alicyclic amines) is 1. The molecule has 0 aromatic carbocycles. The molecule has 1 aliphatic rings. The number of halogens is 1. The van der Waals surface area contributed by atoms with Gasteiger partial charge in [-0.2, -0.15) is 4.94 Å². The van der Waals surface area contributed by atoms with Crippen molar-refractivity contribution in [3.8, 4) is 0 Å². The zero-order valence-electron chi connectivity index (χ0n) is 6.92. The lowest BCUT2D eigenvalue weighted by Crippen LogP contribution is -2.36. The lowest BCUT2D eigenvalue weighted by molar-refractivity contribution is -0.153. The first-order valence-corrected chi connectivity index (χ1v) is 3.76. The molecule has 0 aromatic rings. The van der Waals surface area contributed by atoms with Gasteiger partial charge in [-0.25, -0.2) is 0 Å². The Kier molecular flexibility index (Phi) is 3.23. The molecule has 1 aliphatic heterocycles. The van der Waals surface area contributed by atoms with Crippen molar-refractivity contribution in [2.24, 2.45) is 0 Å². The van der Waals surface area contributed by atoms with Crippen molar-refractivity contribution in [3.05, 3.63) is 0 Å². The molecular weight excluding hydrogens is 149 g/mol. The highest BCUT2D eigenvalue weighted by Crippen LogP contribution is 2.18. The second-order valence-electron chi connectivity index (χ2n) is 2.89. The van der Waals surface area contributed by atoms with Crippen LogP contribution in [0.4, 0.5) is 4.53 Å². The van der Waals surface area contributed by atoms with E-state index in [1.54, 1.807) is 7.11 Å². The van der Waals surface area contributed by atoms with Gasteiger partial charge in [0.15, 0.2) is 0 Å². The van der Waals surface area contributed by atoms with E-state index in [1.165, 1.54) is 0 Å². The molecule has 2 atom stereocenters. The van der Waals surface area contributed by atoms with E-state index in [4.69, 9.17) is 4.74 Å². The predicted octanol–water partition coefficient (Wildman–Crippen LogP) is 0.607. The van der Waals surface area contributed by atoms with Gasteiger partial charge in [-0.3, -0.25) is 4.90 Å². The van der Waals surface area contributed by atoms with Crippen LogP contribution < -0.4 is 0 Å². The van der Waals surface area contributed by atoms with Crippen molar-refractivity contribution >= 4 is 0 Å². The van der Waals surface area contributed by atoms with E-state index >= 15 is 0 Å². The third-order valence-electron chi connectivity index (χ3n) is 2.30. The summed E-state index contributed by atoms with van der Waals surface area (Å²) < 4.78 is 16.7. The van der Waals surface area contributed by atoms with E-state index in [0.29, 0.717) is 0 Å². The summed E-state index contributed by atoms with van der Waals surface area (Å²) >= 11 is 0. The summed E-state index contributed by atoms with van der Waals surface area (Å²) in [6, 6.07) is 0.0741. The molecule has 0 saturated carbocycles. The van der Waals surface area contributed by atoms with E-state index in [1.807, 2.05) is 11.9 Å². The monoisotopic (exact) mass is 163 g/mol. The molecule has 0 bridgehead atoms. The fraction of sp³-hybridized carbons (Fsp3) is 1.00. The Morgan fingerprint density at radius 2 is 2.36 bits per heavy atom. The first-order chi connectivity index (χ1) is 5.29. The van der Waals surface area contributed by atoms with E-state index in [-0.39, 0.29) is 18.8 Å². The van der Waals surface area contributed by atoms with Gasteiger partial charge in [0.05, 0.1) is 12.1 Å². The molecule has 0 N–H and O–H groups in total. The van der Waals surface area contributed by atoms with Crippen molar-refractivity contribution in [2.75, 3.05) is 27.3 Å². The maximum absolute atomic E-state index is 11.5. The van der Waals surface area contributed by atoms with Crippen molar-refractivity contribution in [3.63, 3.8) is 0 Å². The highest BCUT2D eigenvalue weighted by molar-refractivity contribution is 4.85. The number of hydrogen-bond donors (Lipinski definition) is 0. The van der Waals surface area contributed by atoms with Crippen LogP contribution in [-0.4, -0.2) is 44.4 Å². The van der Waals surface area contributed by atoms with Crippen molar-refractivity contribution in [1.29, 1.82) is 0 Å². The average molecular weight is 163 g/mol. The Morgan fingerprint density at radius 1 is 1.64 bits per heavy atom. The zero-order valence-corrected chi connectivity index (χ0v) is 6.92. The summed E-state index contributed by atoms with van der Waals surface area (Å²) in [7, 11) is 3.60. The first kappa shape index (κ1) is 8.90. The summed E-state index contributed by atoms with van der Waals surface area (Å²) in [5, 5.41) is 0. The van der Waals surface area contributed by atoms with Crippen molar-refractivity contribution < 1.29 is 14.2 Å². The molecule has 0 aliphatic carbocycles. The SMILES string of the molecule is COC1CCN(C)C1COF. The van der Waals surface area contributed by atoms with E-state index in [9.17, 15) is 4.53 Å². The standard InChI is InChI=1S/C7H14FNO2/c1-9-4-3-7(10-2)6(9)5-11-8/h6-7H,3-5H2,1-2H3. The van der Waals surface area contributed by atoms with Gasteiger partial charge < -0.3 is 4.74 Å². The van der Waals surface area contributed by atoms with Gasteiger partial charge in [0, 0.05) is 13.7 Å². The maximum atomic E-state index is 11.5. The van der Waals surface area contributed by atoms with Crippen LogP contribution in [0.5, 0.6) is 0 Å². The smallest absolute Gasteiger partial charge is 0.106 e. The van der Waals surface area contributed by atoms with Gasteiger partial charge in [-0.1, -0.05) is 0 Å². The van der Waals surface area contributed by atoms with Gasteiger partial charge in [0.2, 0.25) is 0 Å². The summed E-state index contributed by atoms with van der Waals surface area (Å²) in [5.41, 5.74) is 0. The topological polar surface area (TPSA) is 21.7 Å². The molecule has 0 aromatic heterocycles. The molecule has 66 valence electrons. The molecule has 4 heteroatoms. The Balaban J connectivity index is 2.42. The highest BCUT2D eigenvalue weighted by Gasteiger charge is 2.31. The van der Waals surface area contributed by atoms with Crippen molar-refractivity contribution in [1.82, 2.24) is 4.90 Å². The molecule has 1 heterocycles. The summed E-state index contributed by atoms with van der Waals surface area (Å²) in [5.74, 6) is 0. The van der Waals surface area contributed by atoms with Crippen LogP contribution in [0, 0.1) is 0 Å². The van der Waals surface area contributed by atoms with E-state index < -0.39 is 0 Å². The molecule has 2 unspecified atom stereocenters. The average Bonchev–Trinajstić information content (AvgIpc) is 2.34. The number of nitrogens with zero attached hydrogens (tertiary/aromatic N) is 1. The Hall–Kier alpha value is -0.190. The molecule has 1 fully saturated rings. The van der Waals surface area contributed by atoms with Crippen LogP contribution in [0.2, 0.25) is 0 Å². The second-order valence-corrected chi connectivity index (χ2v) is 2.89. The minimum atomic E-state index is 0.0741. The molecule has 1 saturated heterocycles. The number of rotatable bonds is 3.